The monoisotopic (exact) mass is 222 g/mol. The van der Waals surface area contributed by atoms with Crippen molar-refractivity contribution in [2.75, 3.05) is 13.7 Å². The fourth-order valence-electron chi connectivity index (χ4n) is 1.33. The highest BCUT2D eigenvalue weighted by atomic mass is 16.5. The van der Waals surface area contributed by atoms with E-state index >= 15 is 0 Å². The number of hydrogen-bond acceptors (Lipinski definition) is 3. The Bertz CT molecular complexity index is 375. The van der Waals surface area contributed by atoms with Gasteiger partial charge >= 0.3 is 0 Å². The number of carbonyl (C=O) groups excluding carboxylic acids is 1. The first-order valence-electron chi connectivity index (χ1n) is 5.23. The second-order valence-electron chi connectivity index (χ2n) is 3.89. The summed E-state index contributed by atoms with van der Waals surface area (Å²) in [7, 11) is 1.55. The summed E-state index contributed by atoms with van der Waals surface area (Å²) in [6.07, 6.45) is 0. The normalized spacial score (nSPS) is 12.0. The standard InChI is InChI=1S/C12H18N2O2/c1-8-4-5-10(11(6-8)16-3)12(15)14-7-9(2)13/h4-6,9H,7,13H2,1-3H3,(H,14,15). The maximum atomic E-state index is 11.8. The van der Waals surface area contributed by atoms with Crippen LogP contribution in [0.25, 0.3) is 0 Å². The van der Waals surface area contributed by atoms with E-state index in [1.54, 1.807) is 13.2 Å². The van der Waals surface area contributed by atoms with Crippen molar-refractivity contribution in [3.63, 3.8) is 0 Å². The van der Waals surface area contributed by atoms with Crippen LogP contribution in [0.1, 0.15) is 22.8 Å². The Morgan fingerprint density at radius 3 is 2.81 bits per heavy atom. The summed E-state index contributed by atoms with van der Waals surface area (Å²) < 4.78 is 5.16. The van der Waals surface area contributed by atoms with Gasteiger partial charge in [-0.05, 0) is 31.5 Å². The van der Waals surface area contributed by atoms with Crippen molar-refractivity contribution in [2.45, 2.75) is 19.9 Å². The molecule has 0 saturated heterocycles. The predicted molar refractivity (Wildman–Crippen MR) is 63.7 cm³/mol. The Hall–Kier alpha value is -1.55. The Labute approximate surface area is 95.8 Å². The summed E-state index contributed by atoms with van der Waals surface area (Å²) in [4.78, 5) is 11.8. The first-order chi connectivity index (χ1) is 7.54. The summed E-state index contributed by atoms with van der Waals surface area (Å²) in [5, 5.41) is 2.75. The number of hydrogen-bond donors (Lipinski definition) is 2. The van der Waals surface area contributed by atoms with E-state index in [-0.39, 0.29) is 11.9 Å². The van der Waals surface area contributed by atoms with Crippen molar-refractivity contribution in [3.05, 3.63) is 29.3 Å². The molecule has 0 fully saturated rings. The zero-order valence-electron chi connectivity index (χ0n) is 9.91. The molecule has 0 saturated carbocycles. The maximum absolute atomic E-state index is 11.8. The molecule has 1 amide bonds. The molecule has 4 heteroatoms. The largest absolute Gasteiger partial charge is 0.496 e. The quantitative estimate of drug-likeness (QED) is 0.801. The van der Waals surface area contributed by atoms with Gasteiger partial charge in [-0.1, -0.05) is 6.07 Å². The van der Waals surface area contributed by atoms with Crippen molar-refractivity contribution >= 4 is 5.91 Å². The number of carbonyl (C=O) groups is 1. The molecular formula is C12H18N2O2. The van der Waals surface area contributed by atoms with Gasteiger partial charge in [0.05, 0.1) is 12.7 Å². The number of nitrogens with two attached hydrogens (primary N) is 1. The van der Waals surface area contributed by atoms with Crippen LogP contribution in [-0.4, -0.2) is 25.6 Å². The topological polar surface area (TPSA) is 64.3 Å². The Morgan fingerprint density at radius 1 is 1.56 bits per heavy atom. The van der Waals surface area contributed by atoms with Crippen LogP contribution in [0, 0.1) is 6.92 Å². The molecule has 1 atom stereocenters. The number of nitrogens with one attached hydrogen (secondary N) is 1. The van der Waals surface area contributed by atoms with Gasteiger partial charge in [-0.2, -0.15) is 0 Å². The van der Waals surface area contributed by atoms with E-state index in [1.807, 2.05) is 26.0 Å². The second kappa shape index (κ2) is 5.51. The highest BCUT2D eigenvalue weighted by Crippen LogP contribution is 2.19. The Morgan fingerprint density at radius 2 is 2.25 bits per heavy atom. The van der Waals surface area contributed by atoms with Crippen LogP contribution in [0.2, 0.25) is 0 Å². The number of aryl methyl sites for hydroxylation is 1. The van der Waals surface area contributed by atoms with E-state index in [0.29, 0.717) is 17.9 Å². The minimum absolute atomic E-state index is 0.0552. The van der Waals surface area contributed by atoms with Crippen molar-refractivity contribution in [1.29, 1.82) is 0 Å². The molecule has 1 aromatic rings. The third-order valence-electron chi connectivity index (χ3n) is 2.19. The molecule has 1 aromatic carbocycles. The summed E-state index contributed by atoms with van der Waals surface area (Å²) in [6, 6.07) is 5.41. The van der Waals surface area contributed by atoms with E-state index in [1.165, 1.54) is 0 Å². The lowest BCUT2D eigenvalue weighted by Crippen LogP contribution is -2.35. The van der Waals surface area contributed by atoms with Gasteiger partial charge in [0.15, 0.2) is 0 Å². The van der Waals surface area contributed by atoms with E-state index in [2.05, 4.69) is 5.32 Å². The molecule has 0 heterocycles. The average Bonchev–Trinajstić information content (AvgIpc) is 2.25. The van der Waals surface area contributed by atoms with Gasteiger partial charge in [0.1, 0.15) is 5.75 Å². The van der Waals surface area contributed by atoms with Crippen LogP contribution in [0.15, 0.2) is 18.2 Å². The molecule has 0 aliphatic heterocycles. The maximum Gasteiger partial charge on any atom is 0.255 e. The number of benzene rings is 1. The molecule has 0 radical (unpaired) electrons. The molecular weight excluding hydrogens is 204 g/mol. The van der Waals surface area contributed by atoms with Crippen LogP contribution in [0.4, 0.5) is 0 Å². The molecule has 16 heavy (non-hydrogen) atoms. The number of ether oxygens (including phenoxy) is 1. The highest BCUT2D eigenvalue weighted by molar-refractivity contribution is 5.97. The van der Waals surface area contributed by atoms with E-state index in [9.17, 15) is 4.79 Å². The lowest BCUT2D eigenvalue weighted by atomic mass is 10.1. The molecule has 0 aliphatic rings. The van der Waals surface area contributed by atoms with Gasteiger partial charge < -0.3 is 15.8 Å². The number of methoxy groups -OCH3 is 1. The molecule has 0 bridgehead atoms. The Balaban J connectivity index is 2.82. The van der Waals surface area contributed by atoms with Crippen LogP contribution >= 0.6 is 0 Å². The van der Waals surface area contributed by atoms with Gasteiger partial charge in [0.2, 0.25) is 0 Å². The Kier molecular flexibility index (Phi) is 4.31. The molecule has 0 spiro atoms. The van der Waals surface area contributed by atoms with Gasteiger partial charge in [-0.25, -0.2) is 0 Å². The van der Waals surface area contributed by atoms with Gasteiger partial charge in [0, 0.05) is 12.6 Å². The molecule has 3 N–H and O–H groups in total. The molecule has 1 rings (SSSR count). The lowest BCUT2D eigenvalue weighted by molar-refractivity contribution is 0.0948. The van der Waals surface area contributed by atoms with Crippen molar-refractivity contribution in [3.8, 4) is 5.75 Å². The number of amides is 1. The fourth-order valence-corrected chi connectivity index (χ4v) is 1.33. The smallest absolute Gasteiger partial charge is 0.255 e. The summed E-state index contributed by atoms with van der Waals surface area (Å²) in [5.41, 5.74) is 7.16. The van der Waals surface area contributed by atoms with Crippen molar-refractivity contribution in [2.24, 2.45) is 5.73 Å². The third-order valence-corrected chi connectivity index (χ3v) is 2.19. The minimum atomic E-state index is -0.158. The second-order valence-corrected chi connectivity index (χ2v) is 3.89. The number of rotatable bonds is 4. The summed E-state index contributed by atoms with van der Waals surface area (Å²) >= 11 is 0. The average molecular weight is 222 g/mol. The van der Waals surface area contributed by atoms with Crippen LogP contribution in [-0.2, 0) is 0 Å². The van der Waals surface area contributed by atoms with Gasteiger partial charge in [0.25, 0.3) is 5.91 Å². The van der Waals surface area contributed by atoms with Crippen molar-refractivity contribution in [1.82, 2.24) is 5.32 Å². The zero-order valence-corrected chi connectivity index (χ0v) is 9.91. The first kappa shape index (κ1) is 12.5. The van der Waals surface area contributed by atoms with E-state index in [0.717, 1.165) is 5.56 Å². The van der Waals surface area contributed by atoms with Gasteiger partial charge in [-0.15, -0.1) is 0 Å². The predicted octanol–water partition coefficient (Wildman–Crippen LogP) is 1.08. The molecule has 0 aromatic heterocycles. The third kappa shape index (κ3) is 3.24. The minimum Gasteiger partial charge on any atom is -0.496 e. The SMILES string of the molecule is COc1cc(C)ccc1C(=O)NCC(C)N. The van der Waals surface area contributed by atoms with Crippen LogP contribution < -0.4 is 15.8 Å². The van der Waals surface area contributed by atoms with E-state index < -0.39 is 0 Å². The lowest BCUT2D eigenvalue weighted by Gasteiger charge is -2.11. The van der Waals surface area contributed by atoms with Crippen molar-refractivity contribution < 1.29 is 9.53 Å². The van der Waals surface area contributed by atoms with Crippen LogP contribution in [0.3, 0.4) is 0 Å². The fraction of sp³-hybridized carbons (Fsp3) is 0.417. The molecule has 88 valence electrons. The molecule has 1 unspecified atom stereocenters. The first-order valence-corrected chi connectivity index (χ1v) is 5.23. The zero-order chi connectivity index (χ0) is 12.1. The van der Waals surface area contributed by atoms with Gasteiger partial charge in [-0.3, -0.25) is 4.79 Å². The summed E-state index contributed by atoms with van der Waals surface area (Å²) in [5.74, 6) is 0.427. The summed E-state index contributed by atoms with van der Waals surface area (Å²) in [6.45, 7) is 4.24. The van der Waals surface area contributed by atoms with Crippen LogP contribution in [0.5, 0.6) is 5.75 Å². The van der Waals surface area contributed by atoms with E-state index in [4.69, 9.17) is 10.5 Å². The highest BCUT2D eigenvalue weighted by Gasteiger charge is 2.11. The molecule has 4 nitrogen and oxygen atoms in total. The molecule has 0 aliphatic carbocycles.